The van der Waals surface area contributed by atoms with E-state index in [1.807, 2.05) is 173 Å². The summed E-state index contributed by atoms with van der Waals surface area (Å²) in [7, 11) is 7.93. The molecule has 11 aromatic rings. The van der Waals surface area contributed by atoms with Crippen LogP contribution in [0.25, 0.3) is 67.6 Å². The van der Waals surface area contributed by atoms with Gasteiger partial charge in [-0.1, -0.05) is 126 Å². The van der Waals surface area contributed by atoms with E-state index in [0.29, 0.717) is 24.9 Å². The van der Waals surface area contributed by atoms with Gasteiger partial charge in [0.1, 0.15) is 66.5 Å². The normalized spacial score (nSPS) is 10.4. The lowest BCUT2D eigenvalue weighted by molar-refractivity contribution is -0.144. The molecule has 0 saturated heterocycles. The standard InChI is InChI=1S/2C15H15NO4.2C11H11N3O.C9H7NO.C8H10N2.C7H13NO3.C6H10O4.C3H8O.ClH/c2*1-19-9-14(17)12(15(18)20-2)8-10-4-3-5-13-11(10)6-7-16-13;2*1-7-2-4-8(5-3-7)11-13-9(12)6-10(15)14-11;11-6-7-2-1-3-9-8(7)4-5-10-9;1-6-2-4-7(5-3-6)8(9)10;1-3-10-6(8)5-7(9)11-4-2;1-9-4-5(7)3-6(8)10-2;1-3(2)4;/h2*3-8,16H,9H2,1-2H3;2*2-6H,1H3,(H3,12,13,14,15);1-6,10H;2-5H,1H3,(H3,9,10);5H,3-4,8H2,1-2H3;3-4H2,1-2H3;3-4H,1-2H3;1H/b;;;;;;6-5+;;;. The highest BCUT2D eigenvalue weighted by molar-refractivity contribution is 6.22. The third-order valence-electron chi connectivity index (χ3n) is 14.8. The maximum Gasteiger partial charge on any atom is 0.341 e. The van der Waals surface area contributed by atoms with Crippen LogP contribution >= 0.6 is 12.4 Å². The molecule has 0 saturated carbocycles. The number of nitrogen functional groups attached to an aromatic ring is 3. The number of hydrogen-bond acceptors (Lipinski definition) is 25. The van der Waals surface area contributed by atoms with Crippen LogP contribution in [0.4, 0.5) is 11.6 Å². The number of amidine groups is 1. The van der Waals surface area contributed by atoms with Gasteiger partial charge in [-0.15, -0.1) is 12.4 Å². The lowest BCUT2D eigenvalue weighted by atomic mass is 10.0. The molecule has 622 valence electrons. The minimum absolute atomic E-state index is 0. The Kier molecular flexibility index (Phi) is 45.9. The summed E-state index contributed by atoms with van der Waals surface area (Å²) in [4.78, 5) is 134. The van der Waals surface area contributed by atoms with E-state index in [-0.39, 0.29) is 96.2 Å². The molecular weight excluding hydrogens is 1530 g/mol. The Hall–Kier alpha value is -13.7. The van der Waals surface area contributed by atoms with Crippen molar-refractivity contribution < 1.29 is 81.4 Å². The van der Waals surface area contributed by atoms with E-state index in [2.05, 4.69) is 58.6 Å². The topological polar surface area (TPSA) is 497 Å². The van der Waals surface area contributed by atoms with Crippen molar-refractivity contribution in [3.05, 3.63) is 259 Å². The summed E-state index contributed by atoms with van der Waals surface area (Å²) in [5.74, 6) is -1.75. The van der Waals surface area contributed by atoms with Gasteiger partial charge in [-0.2, -0.15) is 0 Å². The van der Waals surface area contributed by atoms with Crippen LogP contribution in [0.5, 0.6) is 0 Å². The maximum absolute atomic E-state index is 11.9. The first-order valence-corrected chi connectivity index (χ1v) is 35.5. The number of anilines is 2. The van der Waals surface area contributed by atoms with E-state index in [4.69, 9.17) is 47.7 Å². The molecule has 5 aromatic heterocycles. The number of esters is 4. The summed E-state index contributed by atoms with van der Waals surface area (Å²) in [5, 5.41) is 18.0. The zero-order chi connectivity index (χ0) is 86.2. The number of aliphatic hydroxyl groups excluding tert-OH is 1. The highest BCUT2D eigenvalue weighted by Gasteiger charge is 2.21. The molecule has 0 fully saturated rings. The number of benzene rings is 6. The number of carbonyl (C=O) groups excluding carboxylic acids is 8. The van der Waals surface area contributed by atoms with E-state index in [9.17, 15) is 47.9 Å². The lowest BCUT2D eigenvalue weighted by Crippen LogP contribution is -2.18. The number of methoxy groups -OCH3 is 6. The number of nitrogens with one attached hydrogen (secondary N) is 6. The third-order valence-corrected chi connectivity index (χ3v) is 14.8. The Balaban J connectivity index is 0.000000456. The van der Waals surface area contributed by atoms with Gasteiger partial charge in [-0.05, 0) is 108 Å². The highest BCUT2D eigenvalue weighted by Crippen LogP contribution is 2.24. The van der Waals surface area contributed by atoms with Gasteiger partial charge in [0, 0.05) is 113 Å². The second-order valence-electron chi connectivity index (χ2n) is 24.4. The smallest absolute Gasteiger partial charge is 0.341 e. The van der Waals surface area contributed by atoms with Crippen molar-refractivity contribution in [1.29, 1.82) is 5.41 Å². The largest absolute Gasteiger partial charge is 0.479 e. The van der Waals surface area contributed by atoms with Crippen LogP contribution in [0.2, 0.25) is 0 Å². The molecule has 6 aromatic carbocycles. The van der Waals surface area contributed by atoms with E-state index >= 15 is 0 Å². The first-order chi connectivity index (χ1) is 55.4. The van der Waals surface area contributed by atoms with Gasteiger partial charge in [-0.25, -0.2) is 24.4 Å². The molecule has 0 amide bonds. The van der Waals surface area contributed by atoms with Crippen LogP contribution in [0, 0.1) is 26.2 Å². The zero-order valence-electron chi connectivity index (χ0n) is 67.3. The first-order valence-electron chi connectivity index (χ1n) is 35.5. The van der Waals surface area contributed by atoms with Crippen molar-refractivity contribution in [3.8, 4) is 22.8 Å². The molecule has 11 rings (SSSR count). The minimum atomic E-state index is -0.667. The quantitative estimate of drug-likeness (QED) is 0.00345. The minimum Gasteiger partial charge on any atom is -0.479 e. The van der Waals surface area contributed by atoms with Crippen LogP contribution in [0.3, 0.4) is 0 Å². The SMILES string of the molecule is CC(C)O.CCOC(=O)/C=C(\N)OCC.COCC(=O)C(=Cc1cccc2[nH]ccc12)C(=O)OC.COCC(=O)C(=Cc1cccc2[nH]ccc12)C(=O)OC.COCC(=O)CC(=O)OC.Cc1ccc(-c2nc(N)cc(=O)[nH]2)cc1.Cc1ccc(-c2nc(N)cc(=O)[nH]2)cc1.Cc1ccc(C(=N)N)cc1.Cl.O=Cc1cccc2[nH]ccc12. The predicted octanol–water partition coefficient (Wildman–Crippen LogP) is 10.8. The Morgan fingerprint density at radius 3 is 1.20 bits per heavy atom. The van der Waals surface area contributed by atoms with Crippen LogP contribution in [-0.2, 0) is 71.5 Å². The van der Waals surface area contributed by atoms with Crippen molar-refractivity contribution in [2.75, 3.05) is 87.2 Å². The summed E-state index contributed by atoms with van der Waals surface area (Å²) in [6.07, 6.45) is 10.1. The molecule has 0 unspecified atom stereocenters. The average Bonchev–Trinajstić information content (AvgIpc) is 1.80. The number of halogens is 1. The van der Waals surface area contributed by atoms with E-state index in [1.54, 1.807) is 40.1 Å². The fourth-order valence-electron chi connectivity index (χ4n) is 9.47. The number of rotatable bonds is 22. The number of H-pyrrole nitrogens is 5. The first kappa shape index (κ1) is 99.4. The van der Waals surface area contributed by atoms with Crippen LogP contribution in [-0.4, -0.2) is 175 Å². The molecule has 0 radical (unpaired) electrons. The zero-order valence-corrected chi connectivity index (χ0v) is 68.1. The number of aryl methyl sites for hydroxylation is 3. The van der Waals surface area contributed by atoms with Gasteiger partial charge in [0.25, 0.3) is 11.1 Å². The van der Waals surface area contributed by atoms with E-state index < -0.39 is 35.4 Å². The Morgan fingerprint density at radius 1 is 0.513 bits per heavy atom. The van der Waals surface area contributed by atoms with Crippen LogP contribution in [0.15, 0.2) is 209 Å². The summed E-state index contributed by atoms with van der Waals surface area (Å²) < 4.78 is 37.0. The molecule has 117 heavy (non-hydrogen) atoms. The van der Waals surface area contributed by atoms with Gasteiger partial charge in [0.2, 0.25) is 0 Å². The Labute approximate surface area is 682 Å². The van der Waals surface area contributed by atoms with Gasteiger partial charge >= 0.3 is 23.9 Å². The Morgan fingerprint density at radius 2 is 0.872 bits per heavy atom. The average molecular weight is 1630 g/mol. The molecule has 0 atom stereocenters. The molecule has 15 N–H and O–H groups in total. The van der Waals surface area contributed by atoms with Crippen molar-refractivity contribution in [3.63, 3.8) is 0 Å². The molecule has 5 heterocycles. The summed E-state index contributed by atoms with van der Waals surface area (Å²) in [6.45, 7) is 13.4. The number of carbonyl (C=O) groups is 8. The van der Waals surface area contributed by atoms with E-state index in [0.717, 1.165) is 89.6 Å². The highest BCUT2D eigenvalue weighted by atomic mass is 35.5. The van der Waals surface area contributed by atoms with Gasteiger partial charge in [-0.3, -0.25) is 39.0 Å². The van der Waals surface area contributed by atoms with Crippen molar-refractivity contribution in [2.45, 2.75) is 61.0 Å². The molecule has 0 aliphatic heterocycles. The number of hydrogen-bond donors (Lipinski definition) is 11. The molecule has 0 spiro atoms. The summed E-state index contributed by atoms with van der Waals surface area (Å²) in [5.41, 5.74) is 32.1. The molecule has 0 bridgehead atoms. The number of Topliss-reactive ketones (excluding diaryl/α,β-unsaturated/α-hetero) is 3. The molecule has 0 aliphatic rings. The number of aliphatic hydroxyl groups is 1. The summed E-state index contributed by atoms with van der Waals surface area (Å²) >= 11 is 0. The van der Waals surface area contributed by atoms with Crippen molar-refractivity contribution in [2.24, 2.45) is 11.5 Å². The number of fused-ring (bicyclic) bond motifs is 3. The Bertz CT molecular complexity index is 5000. The number of ketones is 3. The molecule has 31 nitrogen and oxygen atoms in total. The number of nitrogens with two attached hydrogens (primary N) is 4. The summed E-state index contributed by atoms with van der Waals surface area (Å²) in [6, 6.07) is 48.0. The van der Waals surface area contributed by atoms with Gasteiger partial charge < -0.3 is 90.9 Å². The van der Waals surface area contributed by atoms with Gasteiger partial charge in [0.05, 0.1) is 40.6 Å². The number of ether oxygens (including phenoxy) is 8. The monoisotopic (exact) mass is 1630 g/mol. The number of aromatic nitrogens is 7. The van der Waals surface area contributed by atoms with E-state index in [1.165, 1.54) is 72.5 Å². The van der Waals surface area contributed by atoms with Crippen LogP contribution < -0.4 is 34.1 Å². The molecular formula is C85H101ClN12O19. The number of nitrogens with zero attached hydrogens (tertiary/aromatic N) is 2. The van der Waals surface area contributed by atoms with Gasteiger partial charge in [0.15, 0.2) is 29.5 Å². The fraction of sp³-hybridized carbons (Fsp3) is 0.235. The second-order valence-corrected chi connectivity index (χ2v) is 24.4. The second kappa shape index (κ2) is 54.1. The fourth-order valence-corrected chi connectivity index (χ4v) is 9.47. The number of aldehydes is 1. The third kappa shape index (κ3) is 36.8. The maximum atomic E-state index is 11.9. The molecule has 32 heteroatoms. The van der Waals surface area contributed by atoms with Crippen LogP contribution in [0.1, 0.15) is 77.9 Å². The number of aromatic amines is 5. The lowest BCUT2D eigenvalue weighted by Gasteiger charge is -2.05. The molecule has 0 aliphatic carbocycles. The van der Waals surface area contributed by atoms with Crippen molar-refractivity contribution in [1.82, 2.24) is 34.9 Å². The predicted molar refractivity (Wildman–Crippen MR) is 454 cm³/mol. The van der Waals surface area contributed by atoms with Crippen molar-refractivity contribution >= 4 is 122 Å².